The fourth-order valence-electron chi connectivity index (χ4n) is 10.2. The molecule has 9 aromatic rings. The average molecular weight is 782 g/mol. The van der Waals surface area contributed by atoms with Crippen LogP contribution in [-0.4, -0.2) is 5.78 Å². The van der Waals surface area contributed by atoms with E-state index >= 15 is 0 Å². The predicted molar refractivity (Wildman–Crippen MR) is 251 cm³/mol. The highest BCUT2D eigenvalue weighted by atomic mass is 16.1. The van der Waals surface area contributed by atoms with Gasteiger partial charge in [-0.2, -0.15) is 0 Å². The van der Waals surface area contributed by atoms with Crippen molar-refractivity contribution in [1.82, 2.24) is 0 Å². The molecule has 0 N–H and O–H groups in total. The molecule has 0 atom stereocenters. The largest absolute Gasteiger partial charge is 0.310 e. The molecule has 0 aromatic heterocycles. The summed E-state index contributed by atoms with van der Waals surface area (Å²) >= 11 is 0. The third kappa shape index (κ3) is 5.74. The molecular weight excluding hydrogens is 739 g/mol. The van der Waals surface area contributed by atoms with Gasteiger partial charge in [0.1, 0.15) is 0 Å². The number of anilines is 3. The highest BCUT2D eigenvalue weighted by molar-refractivity contribution is 6.13. The van der Waals surface area contributed by atoms with Crippen LogP contribution in [0.15, 0.2) is 224 Å². The van der Waals surface area contributed by atoms with Gasteiger partial charge in [-0.3, -0.25) is 4.79 Å². The zero-order chi connectivity index (χ0) is 41.1. The summed E-state index contributed by atoms with van der Waals surface area (Å²) in [6.45, 7) is 4.46. The van der Waals surface area contributed by atoms with Crippen molar-refractivity contribution in [3.63, 3.8) is 0 Å². The van der Waals surface area contributed by atoms with Gasteiger partial charge in [0.25, 0.3) is 0 Å². The van der Waals surface area contributed by atoms with Gasteiger partial charge in [0.05, 0.1) is 16.8 Å². The lowest BCUT2D eigenvalue weighted by Gasteiger charge is -2.47. The third-order valence-electron chi connectivity index (χ3n) is 13.2. The summed E-state index contributed by atoms with van der Waals surface area (Å²) in [4.78, 5) is 16.2. The van der Waals surface area contributed by atoms with Crippen LogP contribution in [0.1, 0.15) is 63.1 Å². The van der Waals surface area contributed by atoms with E-state index in [2.05, 4.69) is 219 Å². The Labute approximate surface area is 358 Å². The molecule has 1 aliphatic carbocycles. The van der Waals surface area contributed by atoms with Crippen molar-refractivity contribution in [3.8, 4) is 33.4 Å². The van der Waals surface area contributed by atoms with Crippen molar-refractivity contribution in [2.24, 2.45) is 0 Å². The molecule has 0 bridgehead atoms. The van der Waals surface area contributed by atoms with Crippen molar-refractivity contribution < 1.29 is 4.79 Å². The van der Waals surface area contributed by atoms with Gasteiger partial charge in [-0.05, 0) is 97.1 Å². The van der Waals surface area contributed by atoms with Crippen molar-refractivity contribution in [2.45, 2.75) is 24.7 Å². The van der Waals surface area contributed by atoms with Crippen molar-refractivity contribution in [1.29, 1.82) is 0 Å². The van der Waals surface area contributed by atoms with Gasteiger partial charge in [0, 0.05) is 22.2 Å². The first-order valence-electron chi connectivity index (χ1n) is 21.1. The number of ketones is 1. The molecule has 61 heavy (non-hydrogen) atoms. The van der Waals surface area contributed by atoms with Crippen LogP contribution >= 0.6 is 0 Å². The van der Waals surface area contributed by atoms with Crippen molar-refractivity contribution in [3.05, 3.63) is 269 Å². The zero-order valence-electron chi connectivity index (χ0n) is 34.2. The fourth-order valence-corrected chi connectivity index (χ4v) is 10.2. The first-order valence-corrected chi connectivity index (χ1v) is 21.1. The van der Waals surface area contributed by atoms with Crippen LogP contribution in [0.3, 0.4) is 0 Å². The number of benzene rings is 9. The molecule has 1 heterocycles. The minimum atomic E-state index is -0.611. The maximum absolute atomic E-state index is 13.7. The summed E-state index contributed by atoms with van der Waals surface area (Å²) in [6.07, 6.45) is 0. The second-order valence-corrected chi connectivity index (χ2v) is 16.8. The van der Waals surface area contributed by atoms with Gasteiger partial charge in [0.15, 0.2) is 5.78 Å². The molecule has 0 amide bonds. The minimum absolute atomic E-state index is 0.0982. The Morgan fingerprint density at radius 1 is 0.344 bits per heavy atom. The summed E-state index contributed by atoms with van der Waals surface area (Å²) in [5, 5.41) is 0. The van der Waals surface area contributed by atoms with E-state index in [4.69, 9.17) is 0 Å². The number of rotatable bonds is 6. The molecule has 2 heteroatoms. The smallest absolute Gasteiger partial charge is 0.193 e. The second kappa shape index (κ2) is 14.3. The molecular formula is C59H43NO. The molecule has 290 valence electrons. The molecule has 0 radical (unpaired) electrons. The van der Waals surface area contributed by atoms with Crippen LogP contribution in [0, 0.1) is 0 Å². The number of hydrogen-bond acceptors (Lipinski definition) is 2. The van der Waals surface area contributed by atoms with Crippen LogP contribution in [0.5, 0.6) is 0 Å². The molecule has 1 aliphatic heterocycles. The molecule has 9 aromatic carbocycles. The molecule has 0 unspecified atom stereocenters. The van der Waals surface area contributed by atoms with Crippen molar-refractivity contribution in [2.75, 3.05) is 4.90 Å². The van der Waals surface area contributed by atoms with E-state index in [0.29, 0.717) is 0 Å². The molecule has 2 aliphatic rings. The SMILES string of the molecule is CC1(C)c2ccccc2C(=O)c2ccc(-c3ccc(N4c5cc(-c6ccccc6)ccc5C(c5ccccc5)(c5ccccc5)c5ccc(-c6ccccc6)cc54)cc3)cc21. The summed E-state index contributed by atoms with van der Waals surface area (Å²) in [6, 6.07) is 80.9. The van der Waals surface area contributed by atoms with E-state index in [0.717, 1.165) is 61.6 Å². The van der Waals surface area contributed by atoms with E-state index in [1.165, 1.54) is 33.4 Å². The number of carbonyl (C=O) groups excluding carboxylic acids is 1. The van der Waals surface area contributed by atoms with Gasteiger partial charge in [0.2, 0.25) is 0 Å². The Bertz CT molecular complexity index is 2960. The van der Waals surface area contributed by atoms with Crippen LogP contribution in [0.25, 0.3) is 33.4 Å². The van der Waals surface area contributed by atoms with Crippen LogP contribution < -0.4 is 4.90 Å². The molecule has 0 spiro atoms. The Morgan fingerprint density at radius 3 is 1.30 bits per heavy atom. The summed E-state index contributed by atoms with van der Waals surface area (Å²) < 4.78 is 0. The van der Waals surface area contributed by atoms with Gasteiger partial charge in [-0.15, -0.1) is 0 Å². The summed E-state index contributed by atoms with van der Waals surface area (Å²) in [5.74, 6) is 0.0982. The highest BCUT2D eigenvalue weighted by Gasteiger charge is 2.47. The fraction of sp³-hybridized carbons (Fsp3) is 0.0678. The molecule has 0 fully saturated rings. The monoisotopic (exact) mass is 781 g/mol. The third-order valence-corrected chi connectivity index (χ3v) is 13.2. The maximum atomic E-state index is 13.7. The van der Waals surface area contributed by atoms with Gasteiger partial charge >= 0.3 is 0 Å². The normalized spacial score (nSPS) is 14.3. The Kier molecular flexibility index (Phi) is 8.58. The Balaban J connectivity index is 1.14. The quantitative estimate of drug-likeness (QED) is 0.167. The lowest BCUT2D eigenvalue weighted by Crippen LogP contribution is -2.37. The molecule has 2 nitrogen and oxygen atoms in total. The van der Waals surface area contributed by atoms with Crippen LogP contribution in [-0.2, 0) is 10.8 Å². The first kappa shape index (κ1) is 36.5. The van der Waals surface area contributed by atoms with Crippen LogP contribution in [0.2, 0.25) is 0 Å². The number of fused-ring (bicyclic) bond motifs is 4. The predicted octanol–water partition coefficient (Wildman–Crippen LogP) is 14.7. The number of hydrogen-bond donors (Lipinski definition) is 0. The maximum Gasteiger partial charge on any atom is 0.193 e. The lowest BCUT2D eigenvalue weighted by atomic mass is 9.62. The number of nitrogens with zero attached hydrogens (tertiary/aromatic N) is 1. The Hall–Kier alpha value is -7.55. The molecule has 0 saturated carbocycles. The summed E-state index contributed by atoms with van der Waals surface area (Å²) in [5.41, 5.74) is 17.9. The Morgan fingerprint density at radius 2 is 0.754 bits per heavy atom. The van der Waals surface area contributed by atoms with Gasteiger partial charge in [-0.1, -0.05) is 208 Å². The second-order valence-electron chi connectivity index (χ2n) is 16.8. The standard InChI is InChI=1S/C59H43NO/c1-58(2)51-26-16-15-25-49(51)57(61)50-34-29-43(37-54(50)58)42-27-32-48(33-28-42)60-55-38-44(40-17-7-3-8-18-40)30-35-52(55)59(46-21-11-5-12-22-46,47-23-13-6-14-24-47)53-36-31-45(39-56(53)60)41-19-9-4-10-20-41/h3-39H,1-2H3. The summed E-state index contributed by atoms with van der Waals surface area (Å²) in [7, 11) is 0. The topological polar surface area (TPSA) is 20.3 Å². The molecule has 0 saturated heterocycles. The van der Waals surface area contributed by atoms with E-state index in [-0.39, 0.29) is 11.2 Å². The minimum Gasteiger partial charge on any atom is -0.310 e. The van der Waals surface area contributed by atoms with E-state index in [1.807, 2.05) is 24.3 Å². The average Bonchev–Trinajstić information content (AvgIpc) is 3.33. The lowest BCUT2D eigenvalue weighted by molar-refractivity contribution is 0.103. The van der Waals surface area contributed by atoms with Crippen LogP contribution in [0.4, 0.5) is 17.1 Å². The van der Waals surface area contributed by atoms with Gasteiger partial charge < -0.3 is 4.90 Å². The first-order chi connectivity index (χ1) is 29.9. The van der Waals surface area contributed by atoms with Crippen molar-refractivity contribution >= 4 is 22.8 Å². The van der Waals surface area contributed by atoms with E-state index < -0.39 is 5.41 Å². The zero-order valence-corrected chi connectivity index (χ0v) is 34.2. The number of carbonyl (C=O) groups is 1. The molecule has 11 rings (SSSR count). The van der Waals surface area contributed by atoms with E-state index in [9.17, 15) is 4.79 Å². The highest BCUT2D eigenvalue weighted by Crippen LogP contribution is 2.59. The van der Waals surface area contributed by atoms with Gasteiger partial charge in [-0.25, -0.2) is 0 Å². The van der Waals surface area contributed by atoms with E-state index in [1.54, 1.807) is 0 Å².